The van der Waals surface area contributed by atoms with Gasteiger partial charge in [-0.3, -0.25) is 4.79 Å². The number of carbonyl (C=O) groups excluding carboxylic acids is 1. The van der Waals surface area contributed by atoms with Crippen LogP contribution in [0.2, 0.25) is 0 Å². The molecule has 0 saturated carbocycles. The molecular formula is C11H12BrFN2O3S. The predicted molar refractivity (Wildman–Crippen MR) is 70.5 cm³/mol. The van der Waals surface area contributed by atoms with E-state index in [1.807, 2.05) is 0 Å². The minimum absolute atomic E-state index is 0.0592. The Hall–Kier alpha value is -0.990. The SMILES string of the molecule is O=C1CCN(S(=O)(=O)c2ccc(Br)cc2F)CCN1. The van der Waals surface area contributed by atoms with E-state index in [1.165, 1.54) is 12.1 Å². The van der Waals surface area contributed by atoms with E-state index in [9.17, 15) is 17.6 Å². The highest BCUT2D eigenvalue weighted by atomic mass is 79.9. The van der Waals surface area contributed by atoms with Gasteiger partial charge in [-0.15, -0.1) is 0 Å². The Labute approximate surface area is 119 Å². The Balaban J connectivity index is 2.33. The molecule has 104 valence electrons. The smallest absolute Gasteiger partial charge is 0.246 e. The molecule has 1 aliphatic rings. The number of sulfonamides is 1. The largest absolute Gasteiger partial charge is 0.355 e. The lowest BCUT2D eigenvalue weighted by Crippen LogP contribution is -2.34. The lowest BCUT2D eigenvalue weighted by atomic mass is 10.3. The number of hydrogen-bond donors (Lipinski definition) is 1. The third-order valence-corrected chi connectivity index (χ3v) is 5.21. The van der Waals surface area contributed by atoms with Crippen LogP contribution in [0.5, 0.6) is 0 Å². The molecule has 0 aliphatic carbocycles. The maximum atomic E-state index is 13.8. The monoisotopic (exact) mass is 350 g/mol. The van der Waals surface area contributed by atoms with Crippen LogP contribution in [0.25, 0.3) is 0 Å². The van der Waals surface area contributed by atoms with Gasteiger partial charge in [-0.05, 0) is 18.2 Å². The number of nitrogens with one attached hydrogen (secondary N) is 1. The molecule has 1 aromatic carbocycles. The average molecular weight is 351 g/mol. The molecule has 5 nitrogen and oxygen atoms in total. The Bertz CT molecular complexity index is 606. The number of halogens is 2. The molecule has 1 aromatic rings. The van der Waals surface area contributed by atoms with Crippen molar-refractivity contribution in [1.82, 2.24) is 9.62 Å². The standard InChI is InChI=1S/C11H12BrFN2O3S/c12-8-1-2-10(9(13)7-8)19(17,18)15-5-3-11(16)14-4-6-15/h1-2,7H,3-6H2,(H,14,16). The molecule has 2 rings (SSSR count). The second-order valence-corrected chi connectivity index (χ2v) is 6.90. The van der Waals surface area contributed by atoms with E-state index >= 15 is 0 Å². The first kappa shape index (κ1) is 14.4. The van der Waals surface area contributed by atoms with E-state index < -0.39 is 15.8 Å². The van der Waals surface area contributed by atoms with E-state index in [0.717, 1.165) is 10.4 Å². The summed E-state index contributed by atoms with van der Waals surface area (Å²) in [6.45, 7) is 0.434. The highest BCUT2D eigenvalue weighted by molar-refractivity contribution is 9.10. The van der Waals surface area contributed by atoms with Crippen molar-refractivity contribution in [3.63, 3.8) is 0 Å². The Kier molecular flexibility index (Phi) is 4.22. The van der Waals surface area contributed by atoms with Gasteiger partial charge in [0.25, 0.3) is 0 Å². The van der Waals surface area contributed by atoms with Crippen LogP contribution in [0.15, 0.2) is 27.6 Å². The van der Waals surface area contributed by atoms with Gasteiger partial charge >= 0.3 is 0 Å². The summed E-state index contributed by atoms with van der Waals surface area (Å²) in [4.78, 5) is 10.8. The fourth-order valence-electron chi connectivity index (χ4n) is 1.81. The summed E-state index contributed by atoms with van der Waals surface area (Å²) in [5.74, 6) is -1.01. The minimum atomic E-state index is -3.91. The van der Waals surface area contributed by atoms with Crippen LogP contribution in [0.3, 0.4) is 0 Å². The fourth-order valence-corrected chi connectivity index (χ4v) is 3.63. The molecule has 19 heavy (non-hydrogen) atoms. The second kappa shape index (κ2) is 5.56. The summed E-state index contributed by atoms with van der Waals surface area (Å²) in [6, 6.07) is 3.79. The number of hydrogen-bond acceptors (Lipinski definition) is 3. The molecule has 0 radical (unpaired) electrons. The Morgan fingerprint density at radius 3 is 2.74 bits per heavy atom. The average Bonchev–Trinajstić information content (AvgIpc) is 2.53. The number of rotatable bonds is 2. The lowest BCUT2D eigenvalue weighted by Gasteiger charge is -2.19. The molecule has 1 saturated heterocycles. The van der Waals surface area contributed by atoms with Crippen molar-refractivity contribution in [1.29, 1.82) is 0 Å². The van der Waals surface area contributed by atoms with Crippen molar-refractivity contribution in [2.75, 3.05) is 19.6 Å². The van der Waals surface area contributed by atoms with Gasteiger partial charge in [0.1, 0.15) is 10.7 Å². The fraction of sp³-hybridized carbons (Fsp3) is 0.364. The molecule has 0 spiro atoms. The zero-order valence-electron chi connectivity index (χ0n) is 9.90. The molecular weight excluding hydrogens is 339 g/mol. The minimum Gasteiger partial charge on any atom is -0.355 e. The van der Waals surface area contributed by atoms with Crippen LogP contribution >= 0.6 is 15.9 Å². The first-order valence-corrected chi connectivity index (χ1v) is 7.86. The maximum absolute atomic E-state index is 13.8. The Morgan fingerprint density at radius 1 is 1.32 bits per heavy atom. The molecule has 0 atom stereocenters. The van der Waals surface area contributed by atoms with Crippen molar-refractivity contribution >= 4 is 31.9 Å². The van der Waals surface area contributed by atoms with E-state index in [-0.39, 0.29) is 36.9 Å². The summed E-state index contributed by atoms with van der Waals surface area (Å²) < 4.78 is 40.0. The highest BCUT2D eigenvalue weighted by Crippen LogP contribution is 2.23. The number of amides is 1. The van der Waals surface area contributed by atoms with Crippen molar-refractivity contribution in [3.05, 3.63) is 28.5 Å². The molecule has 0 unspecified atom stereocenters. The number of nitrogens with zero attached hydrogens (tertiary/aromatic N) is 1. The van der Waals surface area contributed by atoms with Crippen LogP contribution in [0.4, 0.5) is 4.39 Å². The second-order valence-electron chi connectivity index (χ2n) is 4.08. The molecule has 1 heterocycles. The van der Waals surface area contributed by atoms with Gasteiger partial charge in [0.05, 0.1) is 0 Å². The summed E-state index contributed by atoms with van der Waals surface area (Å²) >= 11 is 3.08. The van der Waals surface area contributed by atoms with E-state index in [4.69, 9.17) is 0 Å². The quantitative estimate of drug-likeness (QED) is 0.868. The van der Waals surface area contributed by atoms with Gasteiger partial charge in [-0.1, -0.05) is 15.9 Å². The Morgan fingerprint density at radius 2 is 2.05 bits per heavy atom. The molecule has 0 aromatic heterocycles. The lowest BCUT2D eigenvalue weighted by molar-refractivity contribution is -0.120. The van der Waals surface area contributed by atoms with E-state index in [1.54, 1.807) is 0 Å². The third-order valence-electron chi connectivity index (χ3n) is 2.78. The molecule has 1 aliphatic heterocycles. The number of carbonyl (C=O) groups is 1. The van der Waals surface area contributed by atoms with E-state index in [0.29, 0.717) is 4.47 Å². The molecule has 0 bridgehead atoms. The zero-order chi connectivity index (χ0) is 14.0. The zero-order valence-corrected chi connectivity index (χ0v) is 12.3. The van der Waals surface area contributed by atoms with Crippen LogP contribution < -0.4 is 5.32 Å². The number of benzene rings is 1. The molecule has 8 heteroatoms. The molecule has 1 amide bonds. The van der Waals surface area contributed by atoms with Gasteiger partial charge in [0.2, 0.25) is 15.9 Å². The first-order valence-electron chi connectivity index (χ1n) is 5.63. The van der Waals surface area contributed by atoms with Crippen LogP contribution in [-0.4, -0.2) is 38.3 Å². The van der Waals surface area contributed by atoms with Crippen LogP contribution in [0, 0.1) is 5.82 Å². The summed E-state index contributed by atoms with van der Waals surface area (Å²) in [6.07, 6.45) is 0.0807. The van der Waals surface area contributed by atoms with Crippen molar-refractivity contribution in [2.24, 2.45) is 0 Å². The molecule has 1 fully saturated rings. The predicted octanol–water partition coefficient (Wildman–Crippen LogP) is 1.10. The van der Waals surface area contributed by atoms with E-state index in [2.05, 4.69) is 21.2 Å². The topological polar surface area (TPSA) is 66.5 Å². The highest BCUT2D eigenvalue weighted by Gasteiger charge is 2.29. The van der Waals surface area contributed by atoms with Crippen molar-refractivity contribution in [2.45, 2.75) is 11.3 Å². The summed E-state index contributed by atoms with van der Waals surface area (Å²) in [5.41, 5.74) is 0. The normalized spacial score (nSPS) is 17.9. The van der Waals surface area contributed by atoms with Crippen molar-refractivity contribution < 1.29 is 17.6 Å². The van der Waals surface area contributed by atoms with Gasteiger partial charge in [-0.25, -0.2) is 12.8 Å². The summed E-state index contributed by atoms with van der Waals surface area (Å²) in [5, 5.41) is 2.58. The van der Waals surface area contributed by atoms with Crippen LogP contribution in [-0.2, 0) is 14.8 Å². The van der Waals surface area contributed by atoms with Gasteiger partial charge in [0.15, 0.2) is 0 Å². The molecule has 1 N–H and O–H groups in total. The van der Waals surface area contributed by atoms with Gasteiger partial charge in [-0.2, -0.15) is 4.31 Å². The van der Waals surface area contributed by atoms with Gasteiger partial charge < -0.3 is 5.32 Å². The van der Waals surface area contributed by atoms with Gasteiger partial charge in [0, 0.05) is 30.5 Å². The summed E-state index contributed by atoms with van der Waals surface area (Å²) in [7, 11) is -3.91. The first-order chi connectivity index (χ1) is 8.91. The van der Waals surface area contributed by atoms with Crippen LogP contribution in [0.1, 0.15) is 6.42 Å². The maximum Gasteiger partial charge on any atom is 0.246 e. The van der Waals surface area contributed by atoms with Crippen molar-refractivity contribution in [3.8, 4) is 0 Å². The third kappa shape index (κ3) is 3.13.